The van der Waals surface area contributed by atoms with E-state index in [0.29, 0.717) is 11.1 Å². The molecule has 0 aliphatic heterocycles. The van der Waals surface area contributed by atoms with E-state index in [0.717, 1.165) is 17.7 Å². The van der Waals surface area contributed by atoms with Crippen molar-refractivity contribution in [2.75, 3.05) is 0 Å². The van der Waals surface area contributed by atoms with Crippen LogP contribution in [0.25, 0.3) is 0 Å². The van der Waals surface area contributed by atoms with Crippen LogP contribution in [0.3, 0.4) is 0 Å². The van der Waals surface area contributed by atoms with Crippen molar-refractivity contribution in [1.82, 2.24) is 4.98 Å². The quantitative estimate of drug-likeness (QED) is 0.488. The molecule has 1 atom stereocenters. The standard InChI is InChI=1S/C21H16ClF5N2O/c22-15-6-7-18(29-12-15)20(28,11-13-4-2-1-3-5-13)14-8-16(23)10-17(9-14)30-21(26,27)19(24)25/h1-10,12,19H,11,28H2/t20-/m1/s1. The van der Waals surface area contributed by atoms with Crippen molar-refractivity contribution in [1.29, 1.82) is 0 Å². The van der Waals surface area contributed by atoms with Gasteiger partial charge in [0.1, 0.15) is 11.6 Å². The number of pyridine rings is 1. The normalized spacial score (nSPS) is 13.9. The lowest BCUT2D eigenvalue weighted by atomic mass is 9.81. The molecule has 0 aliphatic rings. The Morgan fingerprint density at radius 2 is 1.73 bits per heavy atom. The Morgan fingerprint density at radius 3 is 2.33 bits per heavy atom. The fourth-order valence-corrected chi connectivity index (χ4v) is 3.09. The minimum Gasteiger partial charge on any atom is -0.428 e. The maximum atomic E-state index is 14.2. The molecule has 1 aromatic heterocycles. The van der Waals surface area contributed by atoms with Crippen LogP contribution in [0.2, 0.25) is 5.02 Å². The molecule has 30 heavy (non-hydrogen) atoms. The SMILES string of the molecule is N[C@](Cc1ccccc1)(c1cc(F)cc(OC(F)(F)C(F)F)c1)c1ccc(Cl)cn1. The summed E-state index contributed by atoms with van der Waals surface area (Å²) in [4.78, 5) is 4.20. The van der Waals surface area contributed by atoms with Gasteiger partial charge in [0.05, 0.1) is 16.3 Å². The van der Waals surface area contributed by atoms with Gasteiger partial charge in [-0.15, -0.1) is 0 Å². The van der Waals surface area contributed by atoms with E-state index in [1.807, 2.05) is 0 Å². The Kier molecular flexibility index (Phi) is 6.28. The van der Waals surface area contributed by atoms with Crippen LogP contribution in [0.4, 0.5) is 22.0 Å². The average molecular weight is 443 g/mol. The first-order valence-corrected chi connectivity index (χ1v) is 9.09. The van der Waals surface area contributed by atoms with Gasteiger partial charge in [0.2, 0.25) is 0 Å². The highest BCUT2D eigenvalue weighted by Crippen LogP contribution is 2.35. The molecule has 0 saturated heterocycles. The van der Waals surface area contributed by atoms with Gasteiger partial charge in [0.15, 0.2) is 0 Å². The largest absolute Gasteiger partial charge is 0.461 e. The second-order valence-electron chi connectivity index (χ2n) is 6.64. The van der Waals surface area contributed by atoms with Crippen LogP contribution in [0, 0.1) is 5.82 Å². The van der Waals surface area contributed by atoms with Gasteiger partial charge in [-0.1, -0.05) is 41.9 Å². The summed E-state index contributed by atoms with van der Waals surface area (Å²) in [5.41, 5.74) is 6.16. The summed E-state index contributed by atoms with van der Waals surface area (Å²) in [6.45, 7) is 0. The molecule has 3 rings (SSSR count). The molecular weight excluding hydrogens is 427 g/mol. The van der Waals surface area contributed by atoms with Gasteiger partial charge in [0, 0.05) is 18.7 Å². The van der Waals surface area contributed by atoms with Crippen molar-refractivity contribution in [2.24, 2.45) is 5.73 Å². The van der Waals surface area contributed by atoms with Crippen molar-refractivity contribution in [3.63, 3.8) is 0 Å². The first-order chi connectivity index (χ1) is 14.1. The Balaban J connectivity index is 2.10. The number of hydrogen-bond donors (Lipinski definition) is 1. The highest BCUT2D eigenvalue weighted by atomic mass is 35.5. The van der Waals surface area contributed by atoms with Crippen molar-refractivity contribution in [3.8, 4) is 5.75 Å². The van der Waals surface area contributed by atoms with Crippen LogP contribution < -0.4 is 10.5 Å². The molecule has 0 amide bonds. The van der Waals surface area contributed by atoms with Crippen LogP contribution in [0.1, 0.15) is 16.8 Å². The van der Waals surface area contributed by atoms with Gasteiger partial charge in [-0.2, -0.15) is 17.6 Å². The number of halogens is 6. The predicted molar refractivity (Wildman–Crippen MR) is 102 cm³/mol. The van der Waals surface area contributed by atoms with Gasteiger partial charge in [0.25, 0.3) is 0 Å². The number of nitrogens with two attached hydrogens (primary N) is 1. The molecule has 2 N–H and O–H groups in total. The number of alkyl halides is 4. The Bertz CT molecular complexity index is 1000. The van der Waals surface area contributed by atoms with E-state index >= 15 is 0 Å². The molecule has 3 aromatic rings. The third kappa shape index (κ3) is 4.88. The molecule has 0 fully saturated rings. The summed E-state index contributed by atoms with van der Waals surface area (Å²) in [6, 6.07) is 14.5. The van der Waals surface area contributed by atoms with Gasteiger partial charge < -0.3 is 10.5 Å². The highest BCUT2D eigenvalue weighted by Gasteiger charge is 2.44. The molecule has 0 bridgehead atoms. The number of ether oxygens (including phenoxy) is 1. The minimum absolute atomic E-state index is 0.0150. The third-order valence-corrected chi connectivity index (χ3v) is 4.63. The van der Waals surface area contributed by atoms with E-state index in [1.165, 1.54) is 18.3 Å². The van der Waals surface area contributed by atoms with Gasteiger partial charge in [-0.05, 0) is 35.4 Å². The van der Waals surface area contributed by atoms with Gasteiger partial charge in [-0.3, -0.25) is 4.98 Å². The van der Waals surface area contributed by atoms with Crippen molar-refractivity contribution in [2.45, 2.75) is 24.5 Å². The summed E-state index contributed by atoms with van der Waals surface area (Å²) in [7, 11) is 0. The van der Waals surface area contributed by atoms with Crippen molar-refractivity contribution >= 4 is 11.6 Å². The molecule has 0 saturated carbocycles. The van der Waals surface area contributed by atoms with Crippen LogP contribution in [0.15, 0.2) is 66.9 Å². The van der Waals surface area contributed by atoms with Crippen LogP contribution in [0.5, 0.6) is 5.75 Å². The smallest absolute Gasteiger partial charge is 0.428 e. The number of aromatic nitrogens is 1. The second-order valence-corrected chi connectivity index (χ2v) is 7.07. The molecule has 0 radical (unpaired) electrons. The Morgan fingerprint density at radius 1 is 1.03 bits per heavy atom. The van der Waals surface area contributed by atoms with Crippen LogP contribution in [-0.2, 0) is 12.0 Å². The van der Waals surface area contributed by atoms with E-state index in [4.69, 9.17) is 17.3 Å². The van der Waals surface area contributed by atoms with E-state index in [2.05, 4.69) is 9.72 Å². The summed E-state index contributed by atoms with van der Waals surface area (Å²) < 4.78 is 70.0. The minimum atomic E-state index is -4.79. The number of rotatable bonds is 7. The lowest BCUT2D eigenvalue weighted by Crippen LogP contribution is -2.41. The van der Waals surface area contributed by atoms with Crippen LogP contribution in [-0.4, -0.2) is 17.5 Å². The average Bonchev–Trinajstić information content (AvgIpc) is 2.68. The Hall–Kier alpha value is -2.71. The molecule has 1 heterocycles. The second kappa shape index (κ2) is 8.57. The molecule has 0 spiro atoms. The van der Waals surface area contributed by atoms with Gasteiger partial charge >= 0.3 is 12.5 Å². The highest BCUT2D eigenvalue weighted by molar-refractivity contribution is 6.30. The van der Waals surface area contributed by atoms with Crippen molar-refractivity contribution < 1.29 is 26.7 Å². The van der Waals surface area contributed by atoms with Crippen molar-refractivity contribution in [3.05, 3.63) is 94.5 Å². The number of benzene rings is 2. The molecule has 158 valence electrons. The molecular formula is C21H16ClF5N2O. The van der Waals surface area contributed by atoms with Crippen LogP contribution >= 0.6 is 11.6 Å². The monoisotopic (exact) mass is 442 g/mol. The number of nitrogens with zero attached hydrogens (tertiary/aromatic N) is 1. The molecule has 0 aliphatic carbocycles. The fourth-order valence-electron chi connectivity index (χ4n) is 2.98. The lowest BCUT2D eigenvalue weighted by Gasteiger charge is -2.30. The first-order valence-electron chi connectivity index (χ1n) is 8.71. The molecule has 2 aromatic carbocycles. The van der Waals surface area contributed by atoms with E-state index < -0.39 is 29.6 Å². The predicted octanol–water partition coefficient (Wildman–Crippen LogP) is 5.56. The lowest BCUT2D eigenvalue weighted by molar-refractivity contribution is -0.253. The maximum absolute atomic E-state index is 14.2. The molecule has 0 unspecified atom stereocenters. The van der Waals surface area contributed by atoms with Gasteiger partial charge in [-0.25, -0.2) is 4.39 Å². The third-order valence-electron chi connectivity index (χ3n) is 4.40. The maximum Gasteiger partial charge on any atom is 0.461 e. The summed E-state index contributed by atoms with van der Waals surface area (Å²) in [5.74, 6) is -1.77. The van der Waals surface area contributed by atoms with E-state index in [9.17, 15) is 22.0 Å². The summed E-state index contributed by atoms with van der Waals surface area (Å²) in [5, 5.41) is 0.334. The fraction of sp³-hybridized carbons (Fsp3) is 0.190. The number of hydrogen-bond acceptors (Lipinski definition) is 3. The van der Waals surface area contributed by atoms with E-state index in [-0.39, 0.29) is 17.7 Å². The Labute approximate surface area is 174 Å². The zero-order valence-corrected chi connectivity index (χ0v) is 16.1. The zero-order chi connectivity index (χ0) is 21.9. The molecule has 3 nitrogen and oxygen atoms in total. The van der Waals surface area contributed by atoms with E-state index in [1.54, 1.807) is 30.3 Å². The first kappa shape index (κ1) is 22.0. The summed E-state index contributed by atoms with van der Waals surface area (Å²) in [6.07, 6.45) is -7.43. The zero-order valence-electron chi connectivity index (χ0n) is 15.3. The molecule has 9 heteroatoms. The summed E-state index contributed by atoms with van der Waals surface area (Å²) >= 11 is 5.88. The topological polar surface area (TPSA) is 48.1 Å².